The molecule has 2 atom stereocenters. The highest BCUT2D eigenvalue weighted by atomic mass is 32.2. The fourth-order valence-electron chi connectivity index (χ4n) is 2.36. The largest absolute Gasteiger partial charge is 0.491 e. The van der Waals surface area contributed by atoms with Crippen molar-refractivity contribution in [1.82, 2.24) is 5.32 Å². The van der Waals surface area contributed by atoms with Crippen LogP contribution >= 0.6 is 11.8 Å². The Morgan fingerprint density at radius 2 is 2.24 bits per heavy atom. The van der Waals surface area contributed by atoms with E-state index in [-0.39, 0.29) is 6.61 Å². The van der Waals surface area contributed by atoms with Crippen LogP contribution in [-0.2, 0) is 0 Å². The molecule has 1 fully saturated rings. The minimum absolute atomic E-state index is 0.253. The Morgan fingerprint density at radius 3 is 2.86 bits per heavy atom. The monoisotopic (exact) mass is 306 g/mol. The SMILES string of the molecule is CC1(CNCC(O)COc2ccc(C#N)cc2)CCCS1. The van der Waals surface area contributed by atoms with Gasteiger partial charge in [0.25, 0.3) is 0 Å². The summed E-state index contributed by atoms with van der Waals surface area (Å²) in [4.78, 5) is 0. The lowest BCUT2D eigenvalue weighted by molar-refractivity contribution is 0.106. The number of nitrogens with zero attached hydrogens (tertiary/aromatic N) is 1. The maximum absolute atomic E-state index is 9.92. The molecule has 2 N–H and O–H groups in total. The Morgan fingerprint density at radius 1 is 1.48 bits per heavy atom. The number of nitriles is 1. The summed E-state index contributed by atoms with van der Waals surface area (Å²) in [5.74, 6) is 1.91. The molecule has 1 aromatic carbocycles. The van der Waals surface area contributed by atoms with Gasteiger partial charge in [-0.1, -0.05) is 0 Å². The number of ether oxygens (including phenoxy) is 1. The number of benzene rings is 1. The highest BCUT2D eigenvalue weighted by Gasteiger charge is 2.28. The maximum Gasteiger partial charge on any atom is 0.119 e. The molecule has 0 radical (unpaired) electrons. The fraction of sp³-hybridized carbons (Fsp3) is 0.562. The number of hydrogen-bond acceptors (Lipinski definition) is 5. The van der Waals surface area contributed by atoms with E-state index in [0.717, 1.165) is 6.54 Å². The molecule has 1 saturated heterocycles. The molecule has 0 saturated carbocycles. The van der Waals surface area contributed by atoms with Gasteiger partial charge in [0.1, 0.15) is 18.5 Å². The fourth-order valence-corrected chi connectivity index (χ4v) is 3.63. The second-order valence-corrected chi connectivity index (χ2v) is 7.32. The number of rotatable bonds is 7. The number of nitrogens with one attached hydrogen (secondary N) is 1. The van der Waals surface area contributed by atoms with Gasteiger partial charge < -0.3 is 15.2 Å². The van der Waals surface area contributed by atoms with Crippen LogP contribution in [0.2, 0.25) is 0 Å². The van der Waals surface area contributed by atoms with E-state index in [4.69, 9.17) is 10.00 Å². The van der Waals surface area contributed by atoms with Gasteiger partial charge in [0, 0.05) is 17.8 Å². The zero-order valence-electron chi connectivity index (χ0n) is 12.3. The van der Waals surface area contributed by atoms with E-state index in [0.29, 0.717) is 22.6 Å². The highest BCUT2D eigenvalue weighted by Crippen LogP contribution is 2.36. The van der Waals surface area contributed by atoms with Crippen LogP contribution in [0.15, 0.2) is 24.3 Å². The van der Waals surface area contributed by atoms with Crippen molar-refractivity contribution >= 4 is 11.8 Å². The van der Waals surface area contributed by atoms with Crippen LogP contribution in [0.4, 0.5) is 0 Å². The number of aliphatic hydroxyl groups excluding tert-OH is 1. The summed E-state index contributed by atoms with van der Waals surface area (Å²) in [5.41, 5.74) is 0.604. The molecular weight excluding hydrogens is 284 g/mol. The summed E-state index contributed by atoms with van der Waals surface area (Å²) in [6, 6.07) is 8.96. The second-order valence-electron chi connectivity index (χ2n) is 5.63. The van der Waals surface area contributed by atoms with Crippen molar-refractivity contribution in [2.24, 2.45) is 0 Å². The van der Waals surface area contributed by atoms with Gasteiger partial charge in [0.2, 0.25) is 0 Å². The van der Waals surface area contributed by atoms with E-state index in [2.05, 4.69) is 18.3 Å². The molecule has 114 valence electrons. The van der Waals surface area contributed by atoms with E-state index in [1.165, 1.54) is 18.6 Å². The van der Waals surface area contributed by atoms with E-state index in [1.54, 1.807) is 24.3 Å². The molecule has 0 amide bonds. The molecule has 1 aliphatic rings. The molecule has 0 spiro atoms. The Labute approximate surface area is 130 Å². The average Bonchev–Trinajstić information content (AvgIpc) is 2.92. The lowest BCUT2D eigenvalue weighted by Gasteiger charge is -2.24. The normalized spacial score (nSPS) is 22.7. The van der Waals surface area contributed by atoms with Crippen LogP contribution in [0.5, 0.6) is 5.75 Å². The van der Waals surface area contributed by atoms with Gasteiger partial charge >= 0.3 is 0 Å². The van der Waals surface area contributed by atoms with Crippen molar-refractivity contribution in [3.05, 3.63) is 29.8 Å². The van der Waals surface area contributed by atoms with Crippen molar-refractivity contribution < 1.29 is 9.84 Å². The molecule has 1 aliphatic heterocycles. The summed E-state index contributed by atoms with van der Waals surface area (Å²) >= 11 is 2.01. The minimum atomic E-state index is -0.532. The van der Waals surface area contributed by atoms with Gasteiger partial charge in [0.05, 0.1) is 11.6 Å². The van der Waals surface area contributed by atoms with Crippen LogP contribution in [0.25, 0.3) is 0 Å². The van der Waals surface area contributed by atoms with Crippen molar-refractivity contribution in [2.75, 3.05) is 25.4 Å². The van der Waals surface area contributed by atoms with Crippen LogP contribution in [-0.4, -0.2) is 41.4 Å². The summed E-state index contributed by atoms with van der Waals surface area (Å²) in [6.45, 7) is 3.98. The summed E-state index contributed by atoms with van der Waals surface area (Å²) < 4.78 is 5.82. The summed E-state index contributed by atoms with van der Waals surface area (Å²) in [7, 11) is 0. The molecule has 2 unspecified atom stereocenters. The highest BCUT2D eigenvalue weighted by molar-refractivity contribution is 8.00. The molecule has 1 aromatic rings. The maximum atomic E-state index is 9.92. The molecule has 0 aliphatic carbocycles. The lowest BCUT2D eigenvalue weighted by atomic mass is 10.1. The third-order valence-electron chi connectivity index (χ3n) is 3.61. The third-order valence-corrected chi connectivity index (χ3v) is 5.14. The van der Waals surface area contributed by atoms with Gasteiger partial charge in [-0.2, -0.15) is 17.0 Å². The average molecular weight is 306 g/mol. The standard InChI is InChI=1S/C16H22N2O2S/c1-16(7-2-8-21-16)12-18-10-14(19)11-20-15-5-3-13(9-17)4-6-15/h3-6,14,18-19H,2,7-8,10-12H2,1H3. The molecule has 4 nitrogen and oxygen atoms in total. The molecule has 1 heterocycles. The quantitative estimate of drug-likeness (QED) is 0.808. The van der Waals surface area contributed by atoms with Crippen molar-refractivity contribution in [2.45, 2.75) is 30.6 Å². The number of hydrogen-bond donors (Lipinski definition) is 2. The topological polar surface area (TPSA) is 65.3 Å². The van der Waals surface area contributed by atoms with E-state index < -0.39 is 6.10 Å². The first-order chi connectivity index (χ1) is 10.1. The number of thioether (sulfide) groups is 1. The Hall–Kier alpha value is -1.22. The van der Waals surface area contributed by atoms with Gasteiger partial charge in [-0.15, -0.1) is 0 Å². The zero-order valence-corrected chi connectivity index (χ0v) is 13.2. The summed E-state index contributed by atoms with van der Waals surface area (Å²) in [5, 5.41) is 22.0. The Bertz CT molecular complexity index is 478. The van der Waals surface area contributed by atoms with Gasteiger partial charge in [0.15, 0.2) is 0 Å². The molecule has 5 heteroatoms. The smallest absolute Gasteiger partial charge is 0.119 e. The predicted molar refractivity (Wildman–Crippen MR) is 85.6 cm³/mol. The number of aliphatic hydroxyl groups is 1. The zero-order chi connectivity index (χ0) is 15.1. The minimum Gasteiger partial charge on any atom is -0.491 e. The van der Waals surface area contributed by atoms with Crippen molar-refractivity contribution in [3.8, 4) is 11.8 Å². The van der Waals surface area contributed by atoms with Crippen molar-refractivity contribution in [1.29, 1.82) is 5.26 Å². The third kappa shape index (κ3) is 5.24. The van der Waals surface area contributed by atoms with Crippen LogP contribution in [0.1, 0.15) is 25.3 Å². The van der Waals surface area contributed by atoms with Gasteiger partial charge in [-0.25, -0.2) is 0 Å². The first-order valence-corrected chi connectivity index (χ1v) is 8.26. The molecule has 21 heavy (non-hydrogen) atoms. The molecule has 0 bridgehead atoms. The first kappa shape index (κ1) is 16.2. The first-order valence-electron chi connectivity index (χ1n) is 7.27. The lowest BCUT2D eigenvalue weighted by Crippen LogP contribution is -2.39. The molecule has 0 aromatic heterocycles. The second kappa shape index (κ2) is 7.69. The molecule has 2 rings (SSSR count). The Balaban J connectivity index is 1.65. The van der Waals surface area contributed by atoms with Crippen molar-refractivity contribution in [3.63, 3.8) is 0 Å². The van der Waals surface area contributed by atoms with E-state index in [9.17, 15) is 5.11 Å². The van der Waals surface area contributed by atoms with Crippen LogP contribution in [0.3, 0.4) is 0 Å². The predicted octanol–water partition coefficient (Wildman–Crippen LogP) is 2.17. The van der Waals surface area contributed by atoms with Gasteiger partial charge in [-0.3, -0.25) is 0 Å². The Kier molecular flexibility index (Phi) is 5.92. The van der Waals surface area contributed by atoms with Crippen LogP contribution in [0, 0.1) is 11.3 Å². The summed E-state index contributed by atoms with van der Waals surface area (Å²) in [6.07, 6.45) is 1.99. The van der Waals surface area contributed by atoms with E-state index >= 15 is 0 Å². The van der Waals surface area contributed by atoms with Gasteiger partial charge in [-0.05, 0) is 49.8 Å². The molecular formula is C16H22N2O2S. The van der Waals surface area contributed by atoms with E-state index in [1.807, 2.05) is 11.8 Å². The van der Waals surface area contributed by atoms with Crippen LogP contribution < -0.4 is 10.1 Å².